The first-order chi connectivity index (χ1) is 17.4. The van der Waals surface area contributed by atoms with Gasteiger partial charge in [-0.1, -0.05) is 57.9 Å². The highest BCUT2D eigenvalue weighted by Gasteiger charge is 2.35. The van der Waals surface area contributed by atoms with Gasteiger partial charge in [0, 0.05) is 26.6 Å². The number of carbonyl (C=O) groups is 2. The van der Waals surface area contributed by atoms with E-state index in [9.17, 15) is 9.59 Å². The van der Waals surface area contributed by atoms with Crippen molar-refractivity contribution in [3.8, 4) is 0 Å². The number of nitrogens with one attached hydrogen (secondary N) is 3. The maximum absolute atomic E-state index is 13.5. The van der Waals surface area contributed by atoms with Crippen LogP contribution in [0.2, 0.25) is 5.02 Å². The van der Waals surface area contributed by atoms with Crippen molar-refractivity contribution in [3.05, 3.63) is 117 Å². The van der Waals surface area contributed by atoms with E-state index in [0.29, 0.717) is 39.0 Å². The Hall–Kier alpha value is -3.88. The van der Waals surface area contributed by atoms with E-state index >= 15 is 0 Å². The van der Waals surface area contributed by atoms with Crippen molar-refractivity contribution in [3.63, 3.8) is 0 Å². The summed E-state index contributed by atoms with van der Waals surface area (Å²) >= 11 is 9.46. The summed E-state index contributed by atoms with van der Waals surface area (Å²) in [5, 5.41) is 14.2. The van der Waals surface area contributed by atoms with Crippen LogP contribution in [0.1, 0.15) is 28.9 Å². The second-order valence-corrected chi connectivity index (χ2v) is 9.60. The predicted molar refractivity (Wildman–Crippen MR) is 145 cm³/mol. The van der Waals surface area contributed by atoms with Crippen LogP contribution in [0.5, 0.6) is 0 Å². The van der Waals surface area contributed by atoms with Gasteiger partial charge < -0.3 is 16.0 Å². The molecule has 3 N–H and O–H groups in total. The van der Waals surface area contributed by atoms with E-state index in [-0.39, 0.29) is 11.8 Å². The largest absolute Gasteiger partial charge is 0.343 e. The number of halogens is 2. The molecule has 7 nitrogen and oxygen atoms in total. The molecule has 1 aliphatic rings. The normalized spacial score (nSPS) is 14.6. The first kappa shape index (κ1) is 23.8. The molecule has 0 aliphatic carbocycles. The lowest BCUT2D eigenvalue weighted by molar-refractivity contribution is -0.113. The number of hydrogen-bond donors (Lipinski definition) is 3. The number of anilines is 3. The highest BCUT2D eigenvalue weighted by molar-refractivity contribution is 9.10. The average molecular weight is 563 g/mol. The Bertz CT molecular complexity index is 1460. The maximum Gasteiger partial charge on any atom is 0.261 e. The summed E-state index contributed by atoms with van der Waals surface area (Å²) < 4.78 is 2.59. The third-order valence-corrected chi connectivity index (χ3v) is 6.61. The average Bonchev–Trinajstić information content (AvgIpc) is 3.29. The third-order valence-electron chi connectivity index (χ3n) is 5.83. The van der Waals surface area contributed by atoms with Gasteiger partial charge in [-0.2, -0.15) is 5.10 Å². The van der Waals surface area contributed by atoms with E-state index in [1.807, 2.05) is 61.5 Å². The molecule has 36 heavy (non-hydrogen) atoms. The molecule has 3 aromatic carbocycles. The van der Waals surface area contributed by atoms with E-state index in [0.717, 1.165) is 10.0 Å². The number of aromatic nitrogens is 2. The van der Waals surface area contributed by atoms with Gasteiger partial charge in [0.25, 0.3) is 11.8 Å². The van der Waals surface area contributed by atoms with Crippen LogP contribution in [0.25, 0.3) is 0 Å². The minimum absolute atomic E-state index is 0.285. The fraction of sp³-hybridized carbons (Fsp3) is 0.0741. The topological polar surface area (TPSA) is 88.0 Å². The molecule has 2 heterocycles. The second kappa shape index (κ2) is 10.0. The number of benzene rings is 3. The molecule has 9 heteroatoms. The molecule has 1 atom stereocenters. The Kier molecular flexibility index (Phi) is 6.63. The van der Waals surface area contributed by atoms with E-state index < -0.39 is 6.04 Å². The molecule has 0 saturated heterocycles. The summed E-state index contributed by atoms with van der Waals surface area (Å²) in [6.45, 7) is 1.82. The molecule has 2 amide bonds. The molecular formula is C27H21BrClN5O2. The number of para-hydroxylation sites is 1. The van der Waals surface area contributed by atoms with Gasteiger partial charge in [-0.25, -0.2) is 4.68 Å². The maximum atomic E-state index is 13.5. The monoisotopic (exact) mass is 561 g/mol. The molecule has 4 aromatic rings. The Morgan fingerprint density at radius 3 is 2.25 bits per heavy atom. The van der Waals surface area contributed by atoms with Crippen LogP contribution in [0, 0.1) is 0 Å². The van der Waals surface area contributed by atoms with Gasteiger partial charge in [-0.3, -0.25) is 9.59 Å². The summed E-state index contributed by atoms with van der Waals surface area (Å²) in [4.78, 5) is 26.6. The summed E-state index contributed by atoms with van der Waals surface area (Å²) in [6, 6.07) is 23.3. The van der Waals surface area contributed by atoms with Gasteiger partial charge in [0.05, 0.1) is 11.8 Å². The molecule has 0 fully saturated rings. The second-order valence-electron chi connectivity index (χ2n) is 8.25. The van der Waals surface area contributed by atoms with Crippen molar-refractivity contribution in [2.75, 3.05) is 16.0 Å². The highest BCUT2D eigenvalue weighted by Crippen LogP contribution is 2.38. The van der Waals surface area contributed by atoms with Crippen LogP contribution in [0.15, 0.2) is 101 Å². The van der Waals surface area contributed by atoms with Crippen LogP contribution < -0.4 is 16.0 Å². The SMILES string of the molecule is CC1=C(C(=O)Nc2ccc(Cl)cc2)C(c2ccc(Br)cc2)n2ncc(C(=O)Nc3ccccc3)c2N1. The third kappa shape index (κ3) is 4.78. The number of rotatable bonds is 5. The van der Waals surface area contributed by atoms with E-state index in [1.54, 1.807) is 28.9 Å². The molecular weight excluding hydrogens is 542 g/mol. The first-order valence-electron chi connectivity index (χ1n) is 11.1. The molecule has 0 saturated carbocycles. The fourth-order valence-electron chi connectivity index (χ4n) is 4.12. The number of allylic oxidation sites excluding steroid dienone is 1. The van der Waals surface area contributed by atoms with Crippen molar-refractivity contribution in [2.24, 2.45) is 0 Å². The zero-order valence-electron chi connectivity index (χ0n) is 19.1. The van der Waals surface area contributed by atoms with Crippen LogP contribution in [-0.2, 0) is 4.79 Å². The van der Waals surface area contributed by atoms with Crippen LogP contribution >= 0.6 is 27.5 Å². The van der Waals surface area contributed by atoms with Crippen molar-refractivity contribution in [2.45, 2.75) is 13.0 Å². The molecule has 1 unspecified atom stereocenters. The van der Waals surface area contributed by atoms with Gasteiger partial charge in [-0.15, -0.1) is 0 Å². The lowest BCUT2D eigenvalue weighted by Gasteiger charge is -2.30. The predicted octanol–water partition coefficient (Wildman–Crippen LogP) is 6.48. The highest BCUT2D eigenvalue weighted by atomic mass is 79.9. The van der Waals surface area contributed by atoms with Crippen molar-refractivity contribution >= 4 is 56.5 Å². The molecule has 0 radical (unpaired) electrons. The Morgan fingerprint density at radius 1 is 0.917 bits per heavy atom. The molecule has 0 bridgehead atoms. The van der Waals surface area contributed by atoms with Crippen molar-refractivity contribution < 1.29 is 9.59 Å². The van der Waals surface area contributed by atoms with Crippen molar-refractivity contribution in [1.82, 2.24) is 9.78 Å². The molecule has 1 aromatic heterocycles. The summed E-state index contributed by atoms with van der Waals surface area (Å²) in [7, 11) is 0. The van der Waals surface area contributed by atoms with E-state index in [1.165, 1.54) is 6.20 Å². The zero-order valence-corrected chi connectivity index (χ0v) is 21.5. The van der Waals surface area contributed by atoms with Gasteiger partial charge in [0.1, 0.15) is 17.4 Å². The van der Waals surface area contributed by atoms with Gasteiger partial charge in [0.2, 0.25) is 0 Å². The minimum Gasteiger partial charge on any atom is -0.343 e. The summed E-state index contributed by atoms with van der Waals surface area (Å²) in [5.41, 5.74) is 3.62. The minimum atomic E-state index is -0.556. The lowest BCUT2D eigenvalue weighted by Crippen LogP contribution is -2.32. The number of amides is 2. The summed E-state index contributed by atoms with van der Waals surface area (Å²) in [6.07, 6.45) is 1.51. The zero-order chi connectivity index (χ0) is 25.2. The number of hydrogen-bond acceptors (Lipinski definition) is 4. The van der Waals surface area contributed by atoms with Gasteiger partial charge in [0.15, 0.2) is 0 Å². The van der Waals surface area contributed by atoms with Gasteiger partial charge >= 0.3 is 0 Å². The first-order valence-corrected chi connectivity index (χ1v) is 12.3. The molecule has 5 rings (SSSR count). The van der Waals surface area contributed by atoms with E-state index in [4.69, 9.17) is 11.6 Å². The number of fused-ring (bicyclic) bond motifs is 1. The molecule has 180 valence electrons. The number of nitrogens with zero attached hydrogens (tertiary/aromatic N) is 2. The quantitative estimate of drug-likeness (QED) is 0.260. The van der Waals surface area contributed by atoms with Crippen LogP contribution in [0.4, 0.5) is 17.2 Å². The molecule has 0 spiro atoms. The van der Waals surface area contributed by atoms with Crippen molar-refractivity contribution in [1.29, 1.82) is 0 Å². The van der Waals surface area contributed by atoms with Crippen LogP contribution in [0.3, 0.4) is 0 Å². The summed E-state index contributed by atoms with van der Waals surface area (Å²) in [5.74, 6) is -0.0741. The van der Waals surface area contributed by atoms with Crippen LogP contribution in [-0.4, -0.2) is 21.6 Å². The fourth-order valence-corrected chi connectivity index (χ4v) is 4.51. The number of carbonyl (C=O) groups excluding carboxylic acids is 2. The Balaban J connectivity index is 1.54. The Morgan fingerprint density at radius 2 is 1.56 bits per heavy atom. The lowest BCUT2D eigenvalue weighted by atomic mass is 9.94. The smallest absolute Gasteiger partial charge is 0.261 e. The molecule has 1 aliphatic heterocycles. The Labute approximate surface area is 221 Å². The standard InChI is InChI=1S/C27H21BrClN5O2/c1-16-23(27(36)33-21-13-11-19(29)12-14-21)24(17-7-9-18(28)10-8-17)34-25(31-16)22(15-30-34)26(35)32-20-5-3-2-4-6-20/h2-15,24,31H,1H3,(H,32,35)(H,33,36). The van der Waals surface area contributed by atoms with E-state index in [2.05, 4.69) is 37.0 Å². The van der Waals surface area contributed by atoms with Gasteiger partial charge in [-0.05, 0) is 61.0 Å².